The first-order chi connectivity index (χ1) is 11.0. The molecular formula is C18H26ClN3O. The zero-order chi connectivity index (χ0) is 16.4. The summed E-state index contributed by atoms with van der Waals surface area (Å²) < 4.78 is 5.87. The summed E-state index contributed by atoms with van der Waals surface area (Å²) in [6, 6.07) is 8.26. The van der Waals surface area contributed by atoms with E-state index in [0.29, 0.717) is 24.6 Å². The van der Waals surface area contributed by atoms with Crippen molar-refractivity contribution >= 4 is 17.6 Å². The number of aliphatic imine (C=N–C) groups is 1. The third-order valence-corrected chi connectivity index (χ3v) is 5.28. The van der Waals surface area contributed by atoms with Gasteiger partial charge in [0.25, 0.3) is 0 Å². The van der Waals surface area contributed by atoms with Crippen molar-refractivity contribution in [2.45, 2.75) is 45.9 Å². The Bertz CT molecular complexity index is 587. The van der Waals surface area contributed by atoms with E-state index in [-0.39, 0.29) is 5.41 Å². The standard InChI is InChI=1S/C18H26ClN3O/c1-4-20-17(21-11-12-6-5-7-13(19)10-12)22-15-14-8-9-23-16(14)18(15,2)3/h5-7,10,14-16H,4,8-9,11H2,1-3H3,(H2,20,21,22). The maximum Gasteiger partial charge on any atom is 0.191 e. The van der Waals surface area contributed by atoms with Gasteiger partial charge in [-0.15, -0.1) is 0 Å². The molecule has 0 spiro atoms. The Balaban J connectivity index is 1.68. The van der Waals surface area contributed by atoms with Crippen molar-refractivity contribution in [2.75, 3.05) is 13.2 Å². The highest BCUT2D eigenvalue weighted by Crippen LogP contribution is 2.52. The Labute approximate surface area is 143 Å². The molecule has 0 aromatic heterocycles. The lowest BCUT2D eigenvalue weighted by Crippen LogP contribution is -2.67. The monoisotopic (exact) mass is 335 g/mol. The number of nitrogens with zero attached hydrogens (tertiary/aromatic N) is 1. The van der Waals surface area contributed by atoms with Gasteiger partial charge in [0.1, 0.15) is 0 Å². The van der Waals surface area contributed by atoms with Crippen LogP contribution in [0.25, 0.3) is 0 Å². The minimum atomic E-state index is 0.146. The maximum atomic E-state index is 6.04. The largest absolute Gasteiger partial charge is 0.377 e. The summed E-state index contributed by atoms with van der Waals surface area (Å²) in [5.41, 5.74) is 1.26. The fourth-order valence-corrected chi connectivity index (χ4v) is 4.10. The van der Waals surface area contributed by atoms with E-state index in [4.69, 9.17) is 21.3 Å². The number of benzene rings is 1. The van der Waals surface area contributed by atoms with Crippen molar-refractivity contribution in [1.82, 2.24) is 10.6 Å². The molecule has 0 amide bonds. The van der Waals surface area contributed by atoms with Gasteiger partial charge in [-0.05, 0) is 31.0 Å². The van der Waals surface area contributed by atoms with Gasteiger partial charge in [0.05, 0.1) is 12.6 Å². The van der Waals surface area contributed by atoms with E-state index in [9.17, 15) is 0 Å². The number of nitrogens with one attached hydrogen (secondary N) is 2. The van der Waals surface area contributed by atoms with Crippen LogP contribution in [0.1, 0.15) is 32.8 Å². The second kappa shape index (κ2) is 6.70. The van der Waals surface area contributed by atoms with E-state index in [1.807, 2.05) is 24.3 Å². The normalized spacial score (nSPS) is 28.9. The number of rotatable bonds is 4. The Hall–Kier alpha value is -1.26. The highest BCUT2D eigenvalue weighted by molar-refractivity contribution is 6.30. The molecule has 5 heteroatoms. The molecule has 4 nitrogen and oxygen atoms in total. The average Bonchev–Trinajstić information content (AvgIpc) is 2.97. The molecule has 1 aliphatic heterocycles. The van der Waals surface area contributed by atoms with Gasteiger partial charge in [-0.1, -0.05) is 37.6 Å². The van der Waals surface area contributed by atoms with Crippen LogP contribution in [0.15, 0.2) is 29.3 Å². The number of ether oxygens (including phenoxy) is 1. The highest BCUT2D eigenvalue weighted by Gasteiger charge is 2.59. The maximum absolute atomic E-state index is 6.04. The molecule has 3 rings (SSSR count). The molecule has 0 radical (unpaired) electrons. The third kappa shape index (κ3) is 3.33. The van der Waals surface area contributed by atoms with Crippen LogP contribution < -0.4 is 10.6 Å². The number of halogens is 1. The number of fused-ring (bicyclic) bond motifs is 1. The summed E-state index contributed by atoms with van der Waals surface area (Å²) in [5.74, 6) is 1.47. The first-order valence-corrected chi connectivity index (χ1v) is 8.81. The first kappa shape index (κ1) is 16.6. The molecule has 1 heterocycles. The summed E-state index contributed by atoms with van der Waals surface area (Å²) in [6.45, 7) is 8.99. The second-order valence-electron chi connectivity index (χ2n) is 7.01. The molecule has 126 valence electrons. The van der Waals surface area contributed by atoms with Crippen LogP contribution in [-0.4, -0.2) is 31.3 Å². The molecule has 0 bridgehead atoms. The number of hydrogen-bond donors (Lipinski definition) is 2. The van der Waals surface area contributed by atoms with E-state index in [0.717, 1.165) is 36.1 Å². The van der Waals surface area contributed by atoms with E-state index in [1.165, 1.54) is 0 Å². The molecular weight excluding hydrogens is 310 g/mol. The molecule has 1 aliphatic carbocycles. The van der Waals surface area contributed by atoms with Crippen molar-refractivity contribution in [3.05, 3.63) is 34.9 Å². The van der Waals surface area contributed by atoms with Gasteiger partial charge in [0.2, 0.25) is 0 Å². The fourth-order valence-electron chi connectivity index (χ4n) is 3.89. The smallest absolute Gasteiger partial charge is 0.191 e. The topological polar surface area (TPSA) is 45.7 Å². The van der Waals surface area contributed by atoms with Gasteiger partial charge in [0, 0.05) is 35.5 Å². The van der Waals surface area contributed by atoms with E-state index in [1.54, 1.807) is 0 Å². The van der Waals surface area contributed by atoms with Crippen LogP contribution in [0.2, 0.25) is 5.02 Å². The molecule has 23 heavy (non-hydrogen) atoms. The van der Waals surface area contributed by atoms with Gasteiger partial charge in [-0.3, -0.25) is 0 Å². The average molecular weight is 336 g/mol. The zero-order valence-corrected chi connectivity index (χ0v) is 14.9. The highest BCUT2D eigenvalue weighted by atomic mass is 35.5. The summed E-state index contributed by atoms with van der Waals surface area (Å²) >= 11 is 6.04. The predicted molar refractivity (Wildman–Crippen MR) is 94.8 cm³/mol. The van der Waals surface area contributed by atoms with Gasteiger partial charge in [0.15, 0.2) is 5.96 Å². The third-order valence-electron chi connectivity index (χ3n) is 5.05. The Morgan fingerprint density at radius 1 is 1.43 bits per heavy atom. The van der Waals surface area contributed by atoms with Crippen molar-refractivity contribution in [1.29, 1.82) is 0 Å². The van der Waals surface area contributed by atoms with Crippen LogP contribution in [-0.2, 0) is 11.3 Å². The predicted octanol–water partition coefficient (Wildman–Crippen LogP) is 3.21. The summed E-state index contributed by atoms with van der Waals surface area (Å²) in [6.07, 6.45) is 1.52. The lowest BCUT2D eigenvalue weighted by atomic mass is 9.57. The molecule has 2 N–H and O–H groups in total. The van der Waals surface area contributed by atoms with Gasteiger partial charge in [-0.2, -0.15) is 0 Å². The Morgan fingerprint density at radius 3 is 3.00 bits per heavy atom. The van der Waals surface area contributed by atoms with Crippen molar-refractivity contribution < 1.29 is 4.74 Å². The quantitative estimate of drug-likeness (QED) is 0.656. The van der Waals surface area contributed by atoms with Gasteiger partial charge < -0.3 is 15.4 Å². The van der Waals surface area contributed by atoms with Crippen molar-refractivity contribution in [3.63, 3.8) is 0 Å². The number of guanidine groups is 1. The molecule has 1 aromatic carbocycles. The van der Waals surface area contributed by atoms with Crippen molar-refractivity contribution in [3.8, 4) is 0 Å². The van der Waals surface area contributed by atoms with Crippen LogP contribution in [0, 0.1) is 11.3 Å². The summed E-state index contributed by atoms with van der Waals surface area (Å²) in [7, 11) is 0. The summed E-state index contributed by atoms with van der Waals surface area (Å²) in [5, 5.41) is 7.73. The number of hydrogen-bond acceptors (Lipinski definition) is 2. The SMILES string of the molecule is CCNC(=NCc1cccc(Cl)c1)NC1C2CCOC2C1(C)C. The van der Waals surface area contributed by atoms with Gasteiger partial charge in [-0.25, -0.2) is 4.99 Å². The van der Waals surface area contributed by atoms with Crippen LogP contribution >= 0.6 is 11.6 Å². The first-order valence-electron chi connectivity index (χ1n) is 8.43. The van der Waals surface area contributed by atoms with Crippen molar-refractivity contribution in [2.24, 2.45) is 16.3 Å². The summed E-state index contributed by atoms with van der Waals surface area (Å²) in [4.78, 5) is 4.72. The zero-order valence-electron chi connectivity index (χ0n) is 14.1. The Morgan fingerprint density at radius 2 is 2.26 bits per heavy atom. The van der Waals surface area contributed by atoms with Gasteiger partial charge >= 0.3 is 0 Å². The lowest BCUT2D eigenvalue weighted by Gasteiger charge is -2.54. The van der Waals surface area contributed by atoms with Crippen LogP contribution in [0.3, 0.4) is 0 Å². The van der Waals surface area contributed by atoms with Crippen LogP contribution in [0.4, 0.5) is 0 Å². The molecule has 1 aromatic rings. The van der Waals surface area contributed by atoms with E-state index >= 15 is 0 Å². The second-order valence-corrected chi connectivity index (χ2v) is 7.45. The van der Waals surface area contributed by atoms with E-state index < -0.39 is 0 Å². The molecule has 1 saturated carbocycles. The van der Waals surface area contributed by atoms with Crippen LogP contribution in [0.5, 0.6) is 0 Å². The lowest BCUT2D eigenvalue weighted by molar-refractivity contribution is -0.106. The molecule has 2 aliphatic rings. The fraction of sp³-hybridized carbons (Fsp3) is 0.611. The van der Waals surface area contributed by atoms with E-state index in [2.05, 4.69) is 31.4 Å². The molecule has 1 saturated heterocycles. The minimum absolute atomic E-state index is 0.146. The molecule has 2 fully saturated rings. The Kier molecular flexibility index (Phi) is 4.83. The molecule has 3 unspecified atom stereocenters. The minimum Gasteiger partial charge on any atom is -0.377 e. The molecule has 3 atom stereocenters.